The van der Waals surface area contributed by atoms with Gasteiger partial charge < -0.3 is 29.3 Å². The number of hydrogen-bond donors (Lipinski definition) is 1. The van der Waals surface area contributed by atoms with E-state index in [1.54, 1.807) is 14.0 Å². The number of morpholine rings is 1. The SMILES string of the molecule is COc1nc(N2CCOCC2)cc2c1N(C(C)=O)C(C1CC1)[C@H](C)C2NC(=O)OCc1ccccc1. The molecule has 2 aromatic rings. The molecule has 0 radical (unpaired) electrons. The molecule has 3 aliphatic rings. The molecule has 0 spiro atoms. The molecule has 0 bridgehead atoms. The van der Waals surface area contributed by atoms with Gasteiger partial charge in [-0.2, -0.15) is 4.98 Å². The van der Waals surface area contributed by atoms with E-state index < -0.39 is 6.09 Å². The highest BCUT2D eigenvalue weighted by atomic mass is 16.5. The molecule has 3 atom stereocenters. The summed E-state index contributed by atoms with van der Waals surface area (Å²) in [5, 5.41) is 3.12. The standard InChI is InChI=1S/C27H34N4O5/c1-17-23(29-27(33)36-16-19-7-5-4-6-8-19)21-15-22(30-11-13-35-14-12-30)28-26(34-3)25(21)31(18(2)32)24(17)20-9-10-20/h4-8,15,17,20,23-24H,9-14,16H2,1-3H3,(H,29,33)/t17-,23?,24?/m1/s1. The zero-order chi connectivity index (χ0) is 25.2. The summed E-state index contributed by atoms with van der Waals surface area (Å²) in [4.78, 5) is 34.8. The number of rotatable bonds is 6. The molecule has 2 amide bonds. The van der Waals surface area contributed by atoms with Crippen LogP contribution in [0.4, 0.5) is 16.3 Å². The number of nitrogens with zero attached hydrogens (tertiary/aromatic N) is 3. The van der Waals surface area contributed by atoms with E-state index in [-0.39, 0.29) is 30.5 Å². The molecule has 192 valence electrons. The zero-order valence-corrected chi connectivity index (χ0v) is 21.1. The maximum atomic E-state index is 13.0. The summed E-state index contributed by atoms with van der Waals surface area (Å²) in [6.45, 7) is 6.54. The quantitative estimate of drug-likeness (QED) is 0.655. The van der Waals surface area contributed by atoms with E-state index in [1.165, 1.54) is 0 Å². The van der Waals surface area contributed by atoms with Gasteiger partial charge in [-0.05, 0) is 30.4 Å². The van der Waals surface area contributed by atoms with Gasteiger partial charge in [0, 0.05) is 37.5 Å². The lowest BCUT2D eigenvalue weighted by molar-refractivity contribution is -0.117. The molecular formula is C27H34N4O5. The largest absolute Gasteiger partial charge is 0.479 e. The number of methoxy groups -OCH3 is 1. The summed E-state index contributed by atoms with van der Waals surface area (Å²) in [5.41, 5.74) is 2.38. The maximum Gasteiger partial charge on any atom is 0.407 e. The number of aromatic nitrogens is 1. The summed E-state index contributed by atoms with van der Waals surface area (Å²) in [6, 6.07) is 11.2. The Balaban J connectivity index is 1.51. The molecule has 1 saturated carbocycles. The highest BCUT2D eigenvalue weighted by molar-refractivity contribution is 5.96. The van der Waals surface area contributed by atoms with E-state index in [1.807, 2.05) is 41.3 Å². The van der Waals surface area contributed by atoms with Crippen LogP contribution in [0.1, 0.15) is 43.9 Å². The topological polar surface area (TPSA) is 93.2 Å². The van der Waals surface area contributed by atoms with Gasteiger partial charge >= 0.3 is 6.09 Å². The van der Waals surface area contributed by atoms with Crippen LogP contribution >= 0.6 is 0 Å². The first-order chi connectivity index (χ1) is 17.5. The number of benzene rings is 1. The molecular weight excluding hydrogens is 460 g/mol. The Morgan fingerprint density at radius 3 is 2.53 bits per heavy atom. The van der Waals surface area contributed by atoms with Crippen LogP contribution in [0.25, 0.3) is 0 Å². The first kappa shape index (κ1) is 24.4. The van der Waals surface area contributed by atoms with E-state index in [4.69, 9.17) is 19.2 Å². The number of pyridine rings is 1. The molecule has 5 rings (SSSR count). The number of carbonyl (C=O) groups excluding carboxylic acids is 2. The summed E-state index contributed by atoms with van der Waals surface area (Å²) in [7, 11) is 1.57. The van der Waals surface area contributed by atoms with Crippen LogP contribution in [0.15, 0.2) is 36.4 Å². The van der Waals surface area contributed by atoms with Gasteiger partial charge in [0.15, 0.2) is 0 Å². The molecule has 9 nitrogen and oxygen atoms in total. The maximum absolute atomic E-state index is 13.0. The van der Waals surface area contributed by atoms with Crippen LogP contribution in [0.3, 0.4) is 0 Å². The second-order valence-electron chi connectivity index (χ2n) is 9.79. The van der Waals surface area contributed by atoms with E-state index >= 15 is 0 Å². The minimum absolute atomic E-state index is 0.0252. The number of hydrogen-bond acceptors (Lipinski definition) is 7. The van der Waals surface area contributed by atoms with Crippen LogP contribution in [-0.4, -0.2) is 56.4 Å². The van der Waals surface area contributed by atoms with Crippen LogP contribution in [0, 0.1) is 11.8 Å². The van der Waals surface area contributed by atoms with Crippen molar-refractivity contribution in [2.24, 2.45) is 11.8 Å². The Hall–Kier alpha value is -3.33. The second-order valence-corrected chi connectivity index (χ2v) is 9.79. The van der Waals surface area contributed by atoms with Gasteiger partial charge in [0.05, 0.1) is 26.4 Å². The Kier molecular flexibility index (Phi) is 7.00. The fourth-order valence-corrected chi connectivity index (χ4v) is 5.51. The smallest absolute Gasteiger partial charge is 0.407 e. The van der Waals surface area contributed by atoms with Crippen LogP contribution in [0.2, 0.25) is 0 Å². The highest BCUT2D eigenvalue weighted by Gasteiger charge is 2.49. The fraction of sp³-hybridized carbons (Fsp3) is 0.519. The minimum Gasteiger partial charge on any atom is -0.479 e. The molecule has 9 heteroatoms. The van der Waals surface area contributed by atoms with Crippen molar-refractivity contribution in [1.29, 1.82) is 0 Å². The monoisotopic (exact) mass is 494 g/mol. The van der Waals surface area contributed by atoms with Crippen LogP contribution < -0.4 is 19.9 Å². The predicted octanol–water partition coefficient (Wildman–Crippen LogP) is 3.68. The Morgan fingerprint density at radius 2 is 1.89 bits per heavy atom. The van der Waals surface area contributed by atoms with Gasteiger partial charge in [0.1, 0.15) is 18.1 Å². The van der Waals surface area contributed by atoms with E-state index in [0.717, 1.165) is 29.8 Å². The van der Waals surface area contributed by atoms with Gasteiger partial charge in [-0.25, -0.2) is 4.79 Å². The van der Waals surface area contributed by atoms with Crippen molar-refractivity contribution < 1.29 is 23.8 Å². The Bertz CT molecular complexity index is 1100. The van der Waals surface area contributed by atoms with Gasteiger partial charge in [-0.15, -0.1) is 0 Å². The number of nitrogens with one attached hydrogen (secondary N) is 1. The van der Waals surface area contributed by atoms with Gasteiger partial charge in [-0.1, -0.05) is 37.3 Å². The summed E-state index contributed by atoms with van der Waals surface area (Å²) < 4.78 is 16.9. The van der Waals surface area contributed by atoms with Gasteiger partial charge in [-0.3, -0.25) is 4.79 Å². The number of amides is 2. The third kappa shape index (κ3) is 4.84. The minimum atomic E-state index is -0.490. The normalized spacial score (nSPS) is 23.6. The average molecular weight is 495 g/mol. The van der Waals surface area contributed by atoms with E-state index in [0.29, 0.717) is 43.8 Å². The summed E-state index contributed by atoms with van der Waals surface area (Å²) in [5.74, 6) is 1.45. The first-order valence-electron chi connectivity index (χ1n) is 12.7. The number of alkyl carbamates (subject to hydrolysis) is 1. The van der Waals surface area contributed by atoms with Crippen molar-refractivity contribution in [2.75, 3.05) is 43.2 Å². The predicted molar refractivity (Wildman–Crippen MR) is 135 cm³/mol. The van der Waals surface area contributed by atoms with Crippen molar-refractivity contribution >= 4 is 23.5 Å². The van der Waals surface area contributed by atoms with Crippen molar-refractivity contribution in [2.45, 2.75) is 45.4 Å². The molecule has 36 heavy (non-hydrogen) atoms. The highest BCUT2D eigenvalue weighted by Crippen LogP contribution is 2.52. The number of carbonyl (C=O) groups is 2. The second kappa shape index (κ2) is 10.3. The van der Waals surface area contributed by atoms with Crippen molar-refractivity contribution in [1.82, 2.24) is 10.3 Å². The van der Waals surface area contributed by atoms with Gasteiger partial charge in [0.25, 0.3) is 0 Å². The average Bonchev–Trinajstić information content (AvgIpc) is 3.74. The lowest BCUT2D eigenvalue weighted by atomic mass is 9.80. The van der Waals surface area contributed by atoms with E-state index in [2.05, 4.69) is 17.1 Å². The summed E-state index contributed by atoms with van der Waals surface area (Å²) in [6.07, 6.45) is 1.62. The zero-order valence-electron chi connectivity index (χ0n) is 21.1. The number of fused-ring (bicyclic) bond motifs is 1. The molecule has 3 heterocycles. The van der Waals surface area contributed by atoms with Crippen LogP contribution in [0.5, 0.6) is 5.88 Å². The molecule has 1 saturated heterocycles. The van der Waals surface area contributed by atoms with Crippen molar-refractivity contribution in [3.63, 3.8) is 0 Å². The van der Waals surface area contributed by atoms with E-state index in [9.17, 15) is 9.59 Å². The fourth-order valence-electron chi connectivity index (χ4n) is 5.51. The lowest BCUT2D eigenvalue weighted by Gasteiger charge is -2.46. The van der Waals surface area contributed by atoms with Crippen molar-refractivity contribution in [3.8, 4) is 5.88 Å². The third-order valence-corrected chi connectivity index (χ3v) is 7.37. The van der Waals surface area contributed by atoms with Crippen molar-refractivity contribution in [3.05, 3.63) is 47.5 Å². The first-order valence-corrected chi connectivity index (χ1v) is 12.7. The molecule has 1 aliphatic carbocycles. The Morgan fingerprint density at radius 1 is 1.17 bits per heavy atom. The number of anilines is 2. The molecule has 2 aliphatic heterocycles. The third-order valence-electron chi connectivity index (χ3n) is 7.37. The molecule has 2 unspecified atom stereocenters. The van der Waals surface area contributed by atoms with Crippen LogP contribution in [-0.2, 0) is 20.9 Å². The number of ether oxygens (including phenoxy) is 3. The lowest BCUT2D eigenvalue weighted by Crippen LogP contribution is -2.53. The molecule has 2 fully saturated rings. The molecule has 1 aromatic carbocycles. The molecule has 1 aromatic heterocycles. The van der Waals surface area contributed by atoms with Gasteiger partial charge in [0.2, 0.25) is 11.8 Å². The molecule has 1 N–H and O–H groups in total. The Labute approximate surface area is 211 Å². The summed E-state index contributed by atoms with van der Waals surface area (Å²) >= 11 is 0.